The number of nitrogens with zero attached hydrogens (tertiary/aromatic N) is 5. The fourth-order valence-electron chi connectivity index (χ4n) is 13.5. The second kappa shape index (κ2) is 21.7. The van der Waals surface area contributed by atoms with Crippen LogP contribution in [0.5, 0.6) is 11.5 Å². The molecule has 7 heteroatoms. The van der Waals surface area contributed by atoms with Gasteiger partial charge in [0, 0.05) is 60.7 Å². The number of rotatable bonds is 7. The molecule has 0 amide bonds. The van der Waals surface area contributed by atoms with Gasteiger partial charge in [-0.3, -0.25) is 4.57 Å². The summed E-state index contributed by atoms with van der Waals surface area (Å²) in [6.07, 6.45) is 5.94. The van der Waals surface area contributed by atoms with Crippen LogP contribution < -0.4 is 9.30 Å². The van der Waals surface area contributed by atoms with E-state index in [-0.39, 0.29) is 55.0 Å². The van der Waals surface area contributed by atoms with Gasteiger partial charge in [-0.15, -0.1) is 29.7 Å². The molecule has 0 N–H and O–H groups in total. The maximum atomic E-state index is 9.56. The molecule has 11 aromatic carbocycles. The van der Waals surface area contributed by atoms with Crippen LogP contribution in [0.2, 0.25) is 0 Å². The predicted octanol–water partition coefficient (Wildman–Crippen LogP) is 21.2. The Bertz CT molecular complexity index is 5620. The van der Waals surface area contributed by atoms with Gasteiger partial charge in [0.25, 0.3) is 6.33 Å². The fourth-order valence-corrected chi connectivity index (χ4v) is 13.5. The Morgan fingerprint density at radius 1 is 0.440 bits per heavy atom. The molecule has 15 aromatic rings. The molecule has 6 nitrogen and oxygen atoms in total. The van der Waals surface area contributed by atoms with E-state index in [9.17, 15) is 2.74 Å². The molecule has 0 radical (unpaired) electrons. The molecule has 0 atom stereocenters. The molecule has 4 aromatic heterocycles. The summed E-state index contributed by atoms with van der Waals surface area (Å²) in [6, 6.07) is 77.8. The second-order valence-corrected chi connectivity index (χ2v) is 26.9. The van der Waals surface area contributed by atoms with Gasteiger partial charge in [0.05, 0.1) is 34.6 Å². The van der Waals surface area contributed by atoms with Gasteiger partial charge in [0.2, 0.25) is 0 Å². The topological polar surface area (TPSA) is 40.8 Å². The first-order valence-electron chi connectivity index (χ1n) is 33.4. The molecule has 5 heterocycles. The zero-order valence-electron chi connectivity index (χ0n) is 57.2. The maximum Gasteiger partial charge on any atom is 0.268 e. The summed E-state index contributed by atoms with van der Waals surface area (Å²) in [7, 11) is 0. The van der Waals surface area contributed by atoms with Gasteiger partial charge >= 0.3 is 0 Å². The van der Waals surface area contributed by atoms with E-state index in [4.69, 9.17) is 13.8 Å². The van der Waals surface area contributed by atoms with Gasteiger partial charge in [-0.25, -0.2) is 4.98 Å². The molecule has 1 aliphatic rings. The van der Waals surface area contributed by atoms with Crippen molar-refractivity contribution in [3.05, 3.63) is 278 Å². The van der Waals surface area contributed by atoms with Crippen LogP contribution >= 0.6 is 0 Å². The van der Waals surface area contributed by atoms with E-state index in [0.717, 1.165) is 116 Å². The maximum absolute atomic E-state index is 9.56. The van der Waals surface area contributed by atoms with Crippen molar-refractivity contribution in [3.8, 4) is 90.0 Å². The Morgan fingerprint density at radius 3 is 1.69 bits per heavy atom. The third kappa shape index (κ3) is 9.65. The van der Waals surface area contributed by atoms with Crippen molar-refractivity contribution in [2.24, 2.45) is 0 Å². The standard InChI is InChI=1S/C84H67N5O.Pt/c1-82(2,3)55-42-43-85-78(47-55)89-75-39-20-17-31-67(75)68-41-40-61(51-76(68)89)90-60-27-21-26-58(48-60)86-52-87-80-63(54-44-56(83(4,5)6)46-57(45-54)84(7,8)9)34-23-36-71(80)70-35-22-33-62(53-24-11-10-12-25-53)79(70)69-32-14-13-28-64(69)72-49-59(50-77(86)81(72)87)88-73-37-18-15-29-65(73)66-30-16-19-38-74(66)88;/h10-47,49-50H,1-9H3;/q-2;/i10D,11D,12D,24D,25D;. The summed E-state index contributed by atoms with van der Waals surface area (Å²) in [6.45, 7) is 20.2. The van der Waals surface area contributed by atoms with Crippen LogP contribution in [-0.2, 0) is 37.3 Å². The zero-order chi connectivity index (χ0) is 65.7. The van der Waals surface area contributed by atoms with E-state index >= 15 is 0 Å². The van der Waals surface area contributed by atoms with Gasteiger partial charge in [-0.2, -0.15) is 18.2 Å². The minimum atomic E-state index is -0.445. The van der Waals surface area contributed by atoms with Crippen molar-refractivity contribution in [3.63, 3.8) is 0 Å². The number of para-hydroxylation sites is 4. The molecule has 1 aliphatic heterocycles. The van der Waals surface area contributed by atoms with Crippen molar-refractivity contribution in [2.45, 2.75) is 78.6 Å². The summed E-state index contributed by atoms with van der Waals surface area (Å²) in [5.74, 6) is 1.79. The predicted molar refractivity (Wildman–Crippen MR) is 371 cm³/mol. The van der Waals surface area contributed by atoms with Crippen molar-refractivity contribution in [1.82, 2.24) is 18.7 Å². The number of ether oxygens (including phenoxy) is 1. The van der Waals surface area contributed by atoms with Crippen LogP contribution in [0.1, 0.15) is 85.9 Å². The summed E-state index contributed by atoms with van der Waals surface area (Å²) in [5, 5.41) is 4.35. The Morgan fingerprint density at radius 2 is 1.01 bits per heavy atom. The monoisotopic (exact) mass is 1360 g/mol. The molecular formula is C84H67N5OPt-2. The summed E-state index contributed by atoms with van der Waals surface area (Å²) >= 11 is 0. The first-order chi connectivity index (χ1) is 45.6. The summed E-state index contributed by atoms with van der Waals surface area (Å²) in [4.78, 5) is 4.94. The molecule has 446 valence electrons. The quantitative estimate of drug-likeness (QED) is 0.118. The molecule has 0 fully saturated rings. The van der Waals surface area contributed by atoms with E-state index in [0.29, 0.717) is 22.7 Å². The Labute approximate surface area is 553 Å². The number of fused-ring (bicyclic) bond motifs is 13. The van der Waals surface area contributed by atoms with E-state index in [1.54, 1.807) is 0 Å². The SMILES string of the molecule is [2H]c1c([2H])c([2H])c(-c2cccc3c2-c2ccccc2-c2cc(-n4c5ccccc5c5ccccc54)cc4c2[n+]([c-]n4-c2[c-]c(Oc4[c-]c5c(cc4)c4ccccc4n5-c4cc(C(C)(C)C)ccn4)ccc2)-c2c(-c4cc(C(C)(C)C)cc(C(C)(C)C)c4)cccc2-3)c([2H])c1[2H].[Pt]. The smallest absolute Gasteiger partial charge is 0.268 e. The van der Waals surface area contributed by atoms with Gasteiger partial charge in [-0.1, -0.05) is 232 Å². The molecule has 0 saturated carbocycles. The molecule has 0 spiro atoms. The third-order valence-electron chi connectivity index (χ3n) is 18.0. The average Bonchev–Trinajstić information content (AvgIpc) is 1.51. The molecule has 0 bridgehead atoms. The second-order valence-electron chi connectivity index (χ2n) is 26.9. The van der Waals surface area contributed by atoms with Crippen molar-refractivity contribution in [2.75, 3.05) is 0 Å². The van der Waals surface area contributed by atoms with Crippen molar-refractivity contribution < 1.29 is 37.2 Å². The van der Waals surface area contributed by atoms with E-state index in [1.807, 2.05) is 42.6 Å². The van der Waals surface area contributed by atoms with Gasteiger partial charge < -0.3 is 18.4 Å². The van der Waals surface area contributed by atoms with Crippen LogP contribution in [0.15, 0.2) is 243 Å². The number of hydrogen-bond donors (Lipinski definition) is 0. The Hall–Kier alpha value is -9.87. The van der Waals surface area contributed by atoms with Crippen molar-refractivity contribution in [1.29, 1.82) is 0 Å². The summed E-state index contributed by atoms with van der Waals surface area (Å²) < 4.78 is 61.7. The molecule has 0 aliphatic carbocycles. The first kappa shape index (κ1) is 52.0. The van der Waals surface area contributed by atoms with Crippen LogP contribution in [0.4, 0.5) is 0 Å². The molecule has 0 saturated heterocycles. The molecule has 16 rings (SSSR count). The number of hydrogen-bond acceptors (Lipinski definition) is 2. The third-order valence-corrected chi connectivity index (χ3v) is 18.0. The van der Waals surface area contributed by atoms with E-state index in [2.05, 4.69) is 269 Å². The van der Waals surface area contributed by atoms with Crippen molar-refractivity contribution >= 4 is 54.6 Å². The average molecular weight is 1360 g/mol. The largest absolute Gasteiger partial charge is 0.510 e. The van der Waals surface area contributed by atoms with Crippen LogP contribution in [0, 0.1) is 18.5 Å². The number of benzene rings is 11. The molecule has 0 unspecified atom stereocenters. The van der Waals surface area contributed by atoms with Crippen LogP contribution in [-0.4, -0.2) is 18.7 Å². The number of pyridine rings is 1. The first-order valence-corrected chi connectivity index (χ1v) is 30.9. The van der Waals surface area contributed by atoms with Gasteiger partial charge in [0.1, 0.15) is 5.82 Å². The number of aromatic nitrogens is 5. The fraction of sp³-hybridized carbons (Fsp3) is 0.143. The van der Waals surface area contributed by atoms with E-state index in [1.165, 1.54) is 16.7 Å². The minimum absolute atomic E-state index is 0. The van der Waals surface area contributed by atoms with Crippen LogP contribution in [0.3, 0.4) is 0 Å². The zero-order valence-corrected chi connectivity index (χ0v) is 54.4. The van der Waals surface area contributed by atoms with Gasteiger partial charge in [0.15, 0.2) is 0 Å². The van der Waals surface area contributed by atoms with Crippen LogP contribution in [0.25, 0.3) is 133 Å². The molecule has 91 heavy (non-hydrogen) atoms. The number of imidazole rings is 1. The molecular weight excluding hydrogens is 1290 g/mol. The Balaban J connectivity index is 0.00000756. The minimum Gasteiger partial charge on any atom is -0.510 e. The van der Waals surface area contributed by atoms with Gasteiger partial charge in [-0.05, 0) is 142 Å². The summed E-state index contributed by atoms with van der Waals surface area (Å²) in [5.41, 5.74) is 18.6. The Kier molecular flexibility index (Phi) is 12.4. The normalized spacial score (nSPS) is 13.1. The van der Waals surface area contributed by atoms with E-state index < -0.39 is 18.1 Å².